The lowest BCUT2D eigenvalue weighted by Gasteiger charge is -2.05. The fourth-order valence-electron chi connectivity index (χ4n) is 0.608. The van der Waals surface area contributed by atoms with E-state index in [-0.39, 0.29) is 0 Å². The molecule has 0 atom stereocenters. The van der Waals surface area contributed by atoms with Crippen LogP contribution in [0, 0.1) is 0 Å². The number of hydrogen-bond acceptors (Lipinski definition) is 4. The minimum absolute atomic E-state index is 0.682. The Hall–Kier alpha value is -0.290. The van der Waals surface area contributed by atoms with Crippen molar-refractivity contribution in [2.45, 2.75) is 0 Å². The van der Waals surface area contributed by atoms with Gasteiger partial charge in [0.2, 0.25) is 6.41 Å². The van der Waals surface area contributed by atoms with Crippen LogP contribution in [0.5, 0.6) is 0 Å². The van der Waals surface area contributed by atoms with Crippen LogP contribution in [0.4, 0.5) is 0 Å². The molecule has 0 saturated carbocycles. The number of hydrogen-bond donors (Lipinski definition) is 1. The summed E-state index contributed by atoms with van der Waals surface area (Å²) in [4.78, 5) is 12.2. The van der Waals surface area contributed by atoms with Gasteiger partial charge in [0.1, 0.15) is 5.03 Å². The van der Waals surface area contributed by atoms with Crippen LogP contribution in [-0.4, -0.2) is 28.5 Å². The Morgan fingerprint density at radius 3 is 3.10 bits per heavy atom. The Bertz CT molecular complexity index is 171. The smallest absolute Gasteiger partial charge is 0.224 e. The third kappa shape index (κ3) is 1.60. The van der Waals surface area contributed by atoms with Crippen LogP contribution in [0.2, 0.25) is 0 Å². The summed E-state index contributed by atoms with van der Waals surface area (Å²) in [6.45, 7) is 0. The Balaban J connectivity index is 2.56. The van der Waals surface area contributed by atoms with Crippen LogP contribution in [0.3, 0.4) is 0 Å². The van der Waals surface area contributed by atoms with Crippen molar-refractivity contribution < 1.29 is 4.79 Å². The van der Waals surface area contributed by atoms with Gasteiger partial charge in [-0.2, -0.15) is 0 Å². The normalized spacial score (nSPS) is 17.0. The second-order valence-corrected chi connectivity index (χ2v) is 3.34. The van der Waals surface area contributed by atoms with Crippen LogP contribution < -0.4 is 0 Å². The van der Waals surface area contributed by atoms with Gasteiger partial charge in [0.25, 0.3) is 0 Å². The molecule has 0 saturated heterocycles. The lowest BCUT2D eigenvalue weighted by atomic mass is 10.8. The fraction of sp³-hybridized carbons (Fsp3) is 0.400. The molecule has 10 heavy (non-hydrogen) atoms. The van der Waals surface area contributed by atoms with E-state index < -0.39 is 0 Å². The molecule has 0 aliphatic carbocycles. The minimum Gasteiger partial charge on any atom is -0.369 e. The molecular formula is C5H8N2OS2. The predicted octanol–water partition coefficient (Wildman–Crippen LogP) is 0.725. The van der Waals surface area contributed by atoms with Gasteiger partial charge in [-0.25, -0.2) is 0 Å². The molecule has 1 aliphatic heterocycles. The molecule has 1 aliphatic rings. The van der Waals surface area contributed by atoms with Gasteiger partial charge in [-0.1, -0.05) is 24.6 Å². The molecule has 1 rings (SSSR count). The molecule has 1 amide bonds. The van der Waals surface area contributed by atoms with E-state index in [2.05, 4.69) is 12.8 Å². The van der Waals surface area contributed by atoms with E-state index in [1.807, 2.05) is 18.1 Å². The standard InChI is InChI=1S/C5H8N2OS2/c1-6-2-5(10-4-6)7(9)3-8/h2-3,9H,4H2,1H3. The van der Waals surface area contributed by atoms with Crippen LogP contribution in [-0.2, 0) is 4.79 Å². The summed E-state index contributed by atoms with van der Waals surface area (Å²) in [6.07, 6.45) is 2.56. The number of thioether (sulfide) groups is 1. The van der Waals surface area contributed by atoms with Crippen molar-refractivity contribution in [3.05, 3.63) is 11.2 Å². The Labute approximate surface area is 69.6 Å². The summed E-state index contributed by atoms with van der Waals surface area (Å²) in [6, 6.07) is 0. The number of carbonyl (C=O) groups excluding carboxylic acids is 1. The summed E-state index contributed by atoms with van der Waals surface area (Å²) in [5, 5.41) is 0.876. The molecule has 0 aromatic carbocycles. The number of thiol groups is 1. The first-order valence-corrected chi connectivity index (χ1v) is 4.11. The van der Waals surface area contributed by atoms with E-state index >= 15 is 0 Å². The van der Waals surface area contributed by atoms with Crippen LogP contribution in [0.25, 0.3) is 0 Å². The van der Waals surface area contributed by atoms with E-state index in [0.717, 1.165) is 10.9 Å². The van der Waals surface area contributed by atoms with Crippen molar-refractivity contribution in [2.24, 2.45) is 0 Å². The van der Waals surface area contributed by atoms with E-state index in [1.54, 1.807) is 11.8 Å². The summed E-state index contributed by atoms with van der Waals surface area (Å²) < 4.78 is 1.27. The topological polar surface area (TPSA) is 23.6 Å². The average Bonchev–Trinajstić information content (AvgIpc) is 2.34. The third-order valence-electron chi connectivity index (χ3n) is 1.07. The van der Waals surface area contributed by atoms with Crippen molar-refractivity contribution in [1.29, 1.82) is 0 Å². The van der Waals surface area contributed by atoms with Gasteiger partial charge in [0.05, 0.1) is 5.88 Å². The van der Waals surface area contributed by atoms with Gasteiger partial charge >= 0.3 is 0 Å². The quantitative estimate of drug-likeness (QED) is 0.495. The number of carbonyl (C=O) groups is 1. The molecule has 0 unspecified atom stereocenters. The van der Waals surface area contributed by atoms with Gasteiger partial charge in [-0.3, -0.25) is 9.10 Å². The molecule has 0 spiro atoms. The second kappa shape index (κ2) is 3.21. The van der Waals surface area contributed by atoms with E-state index in [1.165, 1.54) is 4.31 Å². The number of nitrogens with zero attached hydrogens (tertiary/aromatic N) is 2. The second-order valence-electron chi connectivity index (χ2n) is 1.95. The fourth-order valence-corrected chi connectivity index (χ4v) is 1.67. The number of rotatable bonds is 2. The molecule has 0 aromatic rings. The largest absolute Gasteiger partial charge is 0.369 e. The summed E-state index contributed by atoms with van der Waals surface area (Å²) in [5.41, 5.74) is 0. The number of amides is 1. The molecule has 3 nitrogen and oxygen atoms in total. The van der Waals surface area contributed by atoms with Gasteiger partial charge in [0.15, 0.2) is 0 Å². The molecular weight excluding hydrogens is 168 g/mol. The minimum atomic E-state index is 0.682. The zero-order chi connectivity index (χ0) is 7.56. The SMILES string of the molecule is CN1C=C(N(S)C=O)SC1. The third-order valence-corrected chi connectivity index (χ3v) is 2.65. The van der Waals surface area contributed by atoms with E-state index in [0.29, 0.717) is 6.41 Å². The van der Waals surface area contributed by atoms with E-state index in [9.17, 15) is 4.79 Å². The molecule has 0 N–H and O–H groups in total. The van der Waals surface area contributed by atoms with Crippen molar-refractivity contribution in [3.8, 4) is 0 Å². The highest BCUT2D eigenvalue weighted by Gasteiger charge is 2.12. The van der Waals surface area contributed by atoms with Gasteiger partial charge in [0, 0.05) is 13.2 Å². The van der Waals surface area contributed by atoms with Crippen LogP contribution in [0.15, 0.2) is 11.2 Å². The average molecular weight is 176 g/mol. The van der Waals surface area contributed by atoms with Crippen molar-refractivity contribution >= 4 is 31.0 Å². The van der Waals surface area contributed by atoms with Crippen molar-refractivity contribution in [2.75, 3.05) is 12.9 Å². The van der Waals surface area contributed by atoms with Gasteiger partial charge < -0.3 is 4.90 Å². The van der Waals surface area contributed by atoms with Gasteiger partial charge in [-0.15, -0.1) is 0 Å². The Kier molecular flexibility index (Phi) is 2.50. The maximum atomic E-state index is 10.2. The van der Waals surface area contributed by atoms with Crippen molar-refractivity contribution in [1.82, 2.24) is 9.21 Å². The maximum absolute atomic E-state index is 10.2. The molecule has 0 radical (unpaired) electrons. The first-order chi connectivity index (χ1) is 4.74. The van der Waals surface area contributed by atoms with Gasteiger partial charge in [-0.05, 0) is 0 Å². The first kappa shape index (κ1) is 7.81. The van der Waals surface area contributed by atoms with Crippen LogP contribution in [0.1, 0.15) is 0 Å². The molecule has 5 heteroatoms. The highest BCUT2D eigenvalue weighted by molar-refractivity contribution is 8.03. The monoisotopic (exact) mass is 176 g/mol. The van der Waals surface area contributed by atoms with Crippen LogP contribution >= 0.6 is 24.6 Å². The lowest BCUT2D eigenvalue weighted by Crippen LogP contribution is -2.05. The maximum Gasteiger partial charge on any atom is 0.224 e. The Morgan fingerprint density at radius 2 is 2.70 bits per heavy atom. The highest BCUT2D eigenvalue weighted by atomic mass is 32.2. The molecule has 0 fully saturated rings. The molecule has 1 heterocycles. The summed E-state index contributed by atoms with van der Waals surface area (Å²) in [7, 11) is 1.95. The summed E-state index contributed by atoms with van der Waals surface area (Å²) >= 11 is 5.50. The van der Waals surface area contributed by atoms with Crippen molar-refractivity contribution in [3.63, 3.8) is 0 Å². The highest BCUT2D eigenvalue weighted by Crippen LogP contribution is 2.27. The first-order valence-electron chi connectivity index (χ1n) is 2.72. The summed E-state index contributed by atoms with van der Waals surface area (Å²) in [5.74, 6) is 0.889. The zero-order valence-electron chi connectivity index (χ0n) is 5.52. The lowest BCUT2D eigenvalue weighted by molar-refractivity contribution is -0.112. The predicted molar refractivity (Wildman–Crippen MR) is 45.2 cm³/mol. The molecule has 56 valence electrons. The van der Waals surface area contributed by atoms with E-state index in [4.69, 9.17) is 0 Å². The molecule has 0 bridgehead atoms. The zero-order valence-corrected chi connectivity index (χ0v) is 7.23. The molecule has 0 aromatic heterocycles. The Morgan fingerprint density at radius 1 is 2.00 bits per heavy atom.